The molecule has 2 atom stereocenters. The van der Waals surface area contributed by atoms with Crippen molar-refractivity contribution in [1.82, 2.24) is 9.36 Å². The van der Waals surface area contributed by atoms with Gasteiger partial charge in [0.1, 0.15) is 6.10 Å². The third-order valence-electron chi connectivity index (χ3n) is 5.38. The summed E-state index contributed by atoms with van der Waals surface area (Å²) in [6.07, 6.45) is -0.608. The molecule has 0 saturated carbocycles. The van der Waals surface area contributed by atoms with Crippen molar-refractivity contribution < 1.29 is 14.6 Å². The van der Waals surface area contributed by atoms with Crippen molar-refractivity contribution in [2.24, 2.45) is 17.3 Å². The zero-order chi connectivity index (χ0) is 22.2. The van der Waals surface area contributed by atoms with Crippen LogP contribution >= 0.6 is 0 Å². The first kappa shape index (κ1) is 20.6. The minimum Gasteiger partial charge on any atom is -0.479 e. The lowest BCUT2D eigenvalue weighted by atomic mass is 10.1. The molecule has 0 spiro atoms. The number of para-hydroxylation sites is 1. The molecule has 0 bridgehead atoms. The van der Waals surface area contributed by atoms with Crippen molar-refractivity contribution in [3.63, 3.8) is 0 Å². The van der Waals surface area contributed by atoms with Gasteiger partial charge in [0.25, 0.3) is 5.56 Å². The van der Waals surface area contributed by atoms with Gasteiger partial charge in [-0.1, -0.05) is 48.5 Å². The molecule has 4 rings (SSSR count). The Hall–Kier alpha value is -3.65. The SMILES string of the molecule is Cc1c(/N=N/C2=C(O)OC(C)(c3ccccc3)OC2C)c(=O)n(-c2ccccc2)n1C. The number of aliphatic hydroxyl groups excluding tert-OH is 1. The topological polar surface area (TPSA) is 90.3 Å². The normalized spacial score (nSPS) is 21.5. The Morgan fingerprint density at radius 2 is 1.65 bits per heavy atom. The third-order valence-corrected chi connectivity index (χ3v) is 5.38. The Balaban J connectivity index is 1.68. The second kappa shape index (κ2) is 7.88. The van der Waals surface area contributed by atoms with E-state index in [4.69, 9.17) is 9.47 Å². The average Bonchev–Trinajstić information content (AvgIpc) is 2.97. The summed E-state index contributed by atoms with van der Waals surface area (Å²) in [6.45, 7) is 5.25. The fourth-order valence-electron chi connectivity index (χ4n) is 3.59. The molecule has 0 fully saturated rings. The van der Waals surface area contributed by atoms with E-state index in [-0.39, 0.29) is 22.9 Å². The molecule has 1 aliphatic heterocycles. The van der Waals surface area contributed by atoms with Gasteiger partial charge < -0.3 is 14.6 Å². The second-order valence-corrected chi connectivity index (χ2v) is 7.47. The van der Waals surface area contributed by atoms with E-state index in [1.807, 2.05) is 60.7 Å². The van der Waals surface area contributed by atoms with Crippen molar-refractivity contribution in [3.05, 3.63) is 93.9 Å². The molecule has 1 N–H and O–H groups in total. The standard InChI is InChI=1S/C23H24N4O4/c1-15-19(21(28)27(26(15)4)18-13-9-6-10-14-18)24-25-20-16(2)30-23(3,31-22(20)29)17-11-7-5-8-12-17/h5-14,16,29H,1-4H3/b25-24+. The first-order valence-corrected chi connectivity index (χ1v) is 9.93. The van der Waals surface area contributed by atoms with Crippen LogP contribution in [-0.4, -0.2) is 20.6 Å². The van der Waals surface area contributed by atoms with Gasteiger partial charge in [-0.3, -0.25) is 9.48 Å². The van der Waals surface area contributed by atoms with E-state index < -0.39 is 11.9 Å². The lowest BCUT2D eigenvalue weighted by Gasteiger charge is -2.37. The lowest BCUT2D eigenvalue weighted by Crippen LogP contribution is -2.38. The van der Waals surface area contributed by atoms with Crippen LogP contribution in [0.15, 0.2) is 87.3 Å². The fraction of sp³-hybridized carbons (Fsp3) is 0.261. The zero-order valence-corrected chi connectivity index (χ0v) is 17.8. The molecular weight excluding hydrogens is 396 g/mol. The smallest absolute Gasteiger partial charge is 0.306 e. The number of hydrogen-bond donors (Lipinski definition) is 1. The minimum absolute atomic E-state index is 0.113. The number of hydrogen-bond acceptors (Lipinski definition) is 6. The van der Waals surface area contributed by atoms with Crippen molar-refractivity contribution in [3.8, 4) is 5.69 Å². The van der Waals surface area contributed by atoms with Crippen molar-refractivity contribution >= 4 is 5.69 Å². The highest BCUT2D eigenvalue weighted by molar-refractivity contribution is 5.44. The van der Waals surface area contributed by atoms with Gasteiger partial charge in [-0.25, -0.2) is 4.68 Å². The summed E-state index contributed by atoms with van der Waals surface area (Å²) in [5.41, 5.74) is 2.09. The maximum absolute atomic E-state index is 13.0. The molecule has 8 nitrogen and oxygen atoms in total. The van der Waals surface area contributed by atoms with E-state index in [0.29, 0.717) is 5.69 Å². The molecule has 160 valence electrons. The summed E-state index contributed by atoms with van der Waals surface area (Å²) >= 11 is 0. The molecule has 0 aliphatic carbocycles. The Morgan fingerprint density at radius 1 is 1.03 bits per heavy atom. The molecule has 1 aliphatic rings. The molecular formula is C23H24N4O4. The van der Waals surface area contributed by atoms with E-state index >= 15 is 0 Å². The summed E-state index contributed by atoms with van der Waals surface area (Å²) in [5.74, 6) is -1.54. The summed E-state index contributed by atoms with van der Waals surface area (Å²) in [5, 5.41) is 18.8. The summed E-state index contributed by atoms with van der Waals surface area (Å²) in [4.78, 5) is 13.0. The van der Waals surface area contributed by atoms with Crippen molar-refractivity contribution in [2.75, 3.05) is 0 Å². The number of nitrogens with zero attached hydrogens (tertiary/aromatic N) is 4. The Labute approximate surface area is 179 Å². The highest BCUT2D eigenvalue weighted by atomic mass is 16.8. The van der Waals surface area contributed by atoms with E-state index in [1.165, 1.54) is 4.68 Å². The van der Waals surface area contributed by atoms with E-state index in [2.05, 4.69) is 10.2 Å². The van der Waals surface area contributed by atoms with E-state index in [1.54, 1.807) is 32.5 Å². The monoisotopic (exact) mass is 420 g/mol. The van der Waals surface area contributed by atoms with Gasteiger partial charge >= 0.3 is 5.95 Å². The molecule has 1 aromatic heterocycles. The van der Waals surface area contributed by atoms with Gasteiger partial charge in [-0.15, -0.1) is 10.2 Å². The van der Waals surface area contributed by atoms with Gasteiger partial charge in [0, 0.05) is 19.5 Å². The summed E-state index contributed by atoms with van der Waals surface area (Å²) in [6, 6.07) is 18.6. The van der Waals surface area contributed by atoms with Crippen LogP contribution in [0.4, 0.5) is 5.69 Å². The Kier molecular flexibility index (Phi) is 5.24. The fourth-order valence-corrected chi connectivity index (χ4v) is 3.59. The molecule has 2 aromatic carbocycles. The van der Waals surface area contributed by atoms with Gasteiger partial charge in [0.05, 0.1) is 11.4 Å². The number of aliphatic hydroxyl groups is 1. The van der Waals surface area contributed by atoms with Crippen LogP contribution < -0.4 is 5.56 Å². The molecule has 8 heteroatoms. The van der Waals surface area contributed by atoms with E-state index in [9.17, 15) is 9.90 Å². The zero-order valence-electron chi connectivity index (χ0n) is 17.8. The number of ether oxygens (including phenoxy) is 2. The van der Waals surface area contributed by atoms with Crippen molar-refractivity contribution in [2.45, 2.75) is 32.7 Å². The highest BCUT2D eigenvalue weighted by Gasteiger charge is 2.40. The van der Waals surface area contributed by atoms with Gasteiger partial charge in [0.2, 0.25) is 5.79 Å². The number of azo groups is 1. The minimum atomic E-state index is -1.16. The molecule has 3 aromatic rings. The van der Waals surface area contributed by atoms with E-state index in [0.717, 1.165) is 11.3 Å². The van der Waals surface area contributed by atoms with Crippen LogP contribution in [0.3, 0.4) is 0 Å². The second-order valence-electron chi connectivity index (χ2n) is 7.47. The highest BCUT2D eigenvalue weighted by Crippen LogP contribution is 2.37. The Morgan fingerprint density at radius 3 is 2.26 bits per heavy atom. The summed E-state index contributed by atoms with van der Waals surface area (Å²) in [7, 11) is 1.78. The molecule has 0 saturated heterocycles. The van der Waals surface area contributed by atoms with Gasteiger partial charge in [-0.05, 0) is 26.0 Å². The molecule has 2 heterocycles. The molecule has 2 unspecified atom stereocenters. The van der Waals surface area contributed by atoms with Crippen LogP contribution in [-0.2, 0) is 22.3 Å². The first-order chi connectivity index (χ1) is 14.8. The maximum Gasteiger partial charge on any atom is 0.306 e. The quantitative estimate of drug-likeness (QED) is 0.625. The maximum atomic E-state index is 13.0. The van der Waals surface area contributed by atoms with Crippen LogP contribution in [0.1, 0.15) is 25.1 Å². The van der Waals surface area contributed by atoms with Crippen molar-refractivity contribution in [1.29, 1.82) is 0 Å². The number of rotatable bonds is 4. The largest absolute Gasteiger partial charge is 0.479 e. The van der Waals surface area contributed by atoms with Crippen LogP contribution in [0.5, 0.6) is 0 Å². The number of benzene rings is 2. The van der Waals surface area contributed by atoms with Crippen LogP contribution in [0.25, 0.3) is 5.69 Å². The van der Waals surface area contributed by atoms with Crippen LogP contribution in [0, 0.1) is 6.92 Å². The molecule has 0 radical (unpaired) electrons. The van der Waals surface area contributed by atoms with Gasteiger partial charge in [-0.2, -0.15) is 0 Å². The lowest BCUT2D eigenvalue weighted by molar-refractivity contribution is -0.264. The van der Waals surface area contributed by atoms with Crippen LogP contribution in [0.2, 0.25) is 0 Å². The molecule has 31 heavy (non-hydrogen) atoms. The molecule has 0 amide bonds. The average molecular weight is 420 g/mol. The first-order valence-electron chi connectivity index (χ1n) is 9.93. The third kappa shape index (κ3) is 3.66. The van der Waals surface area contributed by atoms with Gasteiger partial charge in [0.15, 0.2) is 11.4 Å². The summed E-state index contributed by atoms with van der Waals surface area (Å²) < 4.78 is 14.9. The predicted octanol–water partition coefficient (Wildman–Crippen LogP) is 4.60. The Bertz CT molecular complexity index is 1210. The predicted molar refractivity (Wildman–Crippen MR) is 115 cm³/mol. The number of aromatic nitrogens is 2.